The molecule has 0 unspecified atom stereocenters. The monoisotopic (exact) mass is 220 g/mol. The summed E-state index contributed by atoms with van der Waals surface area (Å²) >= 11 is 0. The zero-order valence-electron chi connectivity index (χ0n) is 9.74. The van der Waals surface area contributed by atoms with Gasteiger partial charge in [0, 0.05) is 30.7 Å². The normalized spacial score (nSPS) is 24.0. The molecule has 0 aromatic carbocycles. The van der Waals surface area contributed by atoms with Crippen molar-refractivity contribution in [2.45, 2.75) is 50.4 Å². The van der Waals surface area contributed by atoms with Gasteiger partial charge in [0.15, 0.2) is 0 Å². The molecule has 1 saturated carbocycles. The van der Waals surface area contributed by atoms with Gasteiger partial charge in [0.05, 0.1) is 5.69 Å². The number of aromatic nitrogens is 2. The number of hydrogen-bond acceptors (Lipinski definition) is 2. The maximum atomic E-state index is 5.39. The minimum atomic E-state index is 0.649. The molecule has 2 heterocycles. The lowest BCUT2D eigenvalue weighted by atomic mass is 9.95. The lowest BCUT2D eigenvalue weighted by Gasteiger charge is -2.20. The molecule has 88 valence electrons. The third kappa shape index (κ3) is 2.01. The second-order valence-electron chi connectivity index (χ2n) is 5.12. The molecule has 1 aromatic rings. The molecule has 0 spiro atoms. The zero-order chi connectivity index (χ0) is 10.8. The lowest BCUT2D eigenvalue weighted by molar-refractivity contribution is 0.0845. The van der Waals surface area contributed by atoms with Gasteiger partial charge in [-0.3, -0.25) is 5.10 Å². The molecule has 16 heavy (non-hydrogen) atoms. The summed E-state index contributed by atoms with van der Waals surface area (Å²) < 4.78 is 5.39. The lowest BCUT2D eigenvalue weighted by Crippen LogP contribution is -2.14. The fraction of sp³-hybridized carbons (Fsp3) is 0.769. The highest BCUT2D eigenvalue weighted by Gasteiger charge is 2.22. The Morgan fingerprint density at radius 2 is 1.81 bits per heavy atom. The summed E-state index contributed by atoms with van der Waals surface area (Å²) in [6, 6.07) is 2.31. The minimum Gasteiger partial charge on any atom is -0.381 e. The molecule has 2 aliphatic rings. The number of ether oxygens (including phenoxy) is 1. The van der Waals surface area contributed by atoms with Crippen molar-refractivity contribution in [1.82, 2.24) is 10.2 Å². The fourth-order valence-corrected chi connectivity index (χ4v) is 3.00. The van der Waals surface area contributed by atoms with E-state index < -0.39 is 0 Å². The van der Waals surface area contributed by atoms with Crippen LogP contribution in [0.15, 0.2) is 6.07 Å². The van der Waals surface area contributed by atoms with Crippen molar-refractivity contribution in [3.63, 3.8) is 0 Å². The molecule has 2 fully saturated rings. The average Bonchev–Trinajstić information content (AvgIpc) is 3.01. The van der Waals surface area contributed by atoms with E-state index in [0.717, 1.165) is 32.0 Å². The van der Waals surface area contributed by atoms with Crippen LogP contribution in [0.4, 0.5) is 0 Å². The first-order chi connectivity index (χ1) is 7.93. The summed E-state index contributed by atoms with van der Waals surface area (Å²) in [6.45, 7) is 1.81. The minimum absolute atomic E-state index is 0.649. The standard InChI is InChI=1S/C13H20N2O/c1-2-4-10(3-1)12-9-13(15-14-12)11-5-7-16-8-6-11/h9-11H,1-8H2,(H,14,15). The second kappa shape index (κ2) is 4.58. The van der Waals surface area contributed by atoms with Crippen LogP contribution in [-0.2, 0) is 4.74 Å². The molecule has 3 rings (SSSR count). The Balaban J connectivity index is 1.71. The number of nitrogens with one attached hydrogen (secondary N) is 1. The van der Waals surface area contributed by atoms with E-state index in [-0.39, 0.29) is 0 Å². The van der Waals surface area contributed by atoms with Crippen LogP contribution >= 0.6 is 0 Å². The topological polar surface area (TPSA) is 37.9 Å². The highest BCUT2D eigenvalue weighted by atomic mass is 16.5. The van der Waals surface area contributed by atoms with Crippen molar-refractivity contribution >= 4 is 0 Å². The van der Waals surface area contributed by atoms with Crippen molar-refractivity contribution in [3.05, 3.63) is 17.5 Å². The van der Waals surface area contributed by atoms with Crippen molar-refractivity contribution in [3.8, 4) is 0 Å². The Kier molecular flexibility index (Phi) is 2.96. The maximum Gasteiger partial charge on any atom is 0.0655 e. The first-order valence-electron chi connectivity index (χ1n) is 6.56. The predicted octanol–water partition coefficient (Wildman–Crippen LogP) is 2.96. The number of H-pyrrole nitrogens is 1. The zero-order valence-corrected chi connectivity index (χ0v) is 9.74. The summed E-state index contributed by atoms with van der Waals surface area (Å²) in [4.78, 5) is 0. The Morgan fingerprint density at radius 3 is 2.56 bits per heavy atom. The van der Waals surface area contributed by atoms with Crippen LogP contribution in [0.25, 0.3) is 0 Å². The van der Waals surface area contributed by atoms with E-state index in [1.165, 1.54) is 37.1 Å². The predicted molar refractivity (Wildman–Crippen MR) is 62.6 cm³/mol. The Bertz CT molecular complexity index is 335. The first-order valence-corrected chi connectivity index (χ1v) is 6.56. The molecule has 1 N–H and O–H groups in total. The van der Waals surface area contributed by atoms with Crippen LogP contribution in [0.3, 0.4) is 0 Å². The van der Waals surface area contributed by atoms with E-state index in [0.29, 0.717) is 5.92 Å². The largest absolute Gasteiger partial charge is 0.381 e. The molecule has 0 amide bonds. The average molecular weight is 220 g/mol. The van der Waals surface area contributed by atoms with Gasteiger partial charge in [0.1, 0.15) is 0 Å². The van der Waals surface area contributed by atoms with Crippen molar-refractivity contribution in [2.75, 3.05) is 13.2 Å². The van der Waals surface area contributed by atoms with Gasteiger partial charge in [-0.25, -0.2) is 0 Å². The van der Waals surface area contributed by atoms with E-state index >= 15 is 0 Å². The molecule has 0 bridgehead atoms. The van der Waals surface area contributed by atoms with E-state index in [2.05, 4.69) is 16.3 Å². The summed E-state index contributed by atoms with van der Waals surface area (Å²) in [7, 11) is 0. The first kappa shape index (κ1) is 10.3. The molecule has 1 saturated heterocycles. The number of nitrogens with zero attached hydrogens (tertiary/aromatic N) is 1. The van der Waals surface area contributed by atoms with Crippen LogP contribution in [0.5, 0.6) is 0 Å². The Hall–Kier alpha value is -0.830. The molecule has 1 aliphatic heterocycles. The van der Waals surface area contributed by atoms with E-state index in [1.54, 1.807) is 0 Å². The van der Waals surface area contributed by atoms with Gasteiger partial charge in [-0.05, 0) is 31.7 Å². The summed E-state index contributed by atoms with van der Waals surface area (Å²) in [5.41, 5.74) is 2.64. The molecule has 0 radical (unpaired) electrons. The molecule has 1 aromatic heterocycles. The molecular weight excluding hydrogens is 200 g/mol. The third-order valence-corrected chi connectivity index (χ3v) is 4.05. The van der Waals surface area contributed by atoms with Crippen molar-refractivity contribution < 1.29 is 4.74 Å². The Labute approximate surface area is 96.6 Å². The SMILES string of the molecule is c1c(C2CCCC2)n[nH]c1C1CCOCC1. The maximum absolute atomic E-state index is 5.39. The van der Waals surface area contributed by atoms with Crippen molar-refractivity contribution in [2.24, 2.45) is 0 Å². The van der Waals surface area contributed by atoms with E-state index in [1.807, 2.05) is 0 Å². The van der Waals surface area contributed by atoms with Crippen molar-refractivity contribution in [1.29, 1.82) is 0 Å². The van der Waals surface area contributed by atoms with Gasteiger partial charge < -0.3 is 4.74 Å². The number of aromatic amines is 1. The summed E-state index contributed by atoms with van der Waals surface area (Å²) in [5, 5.41) is 7.75. The summed E-state index contributed by atoms with van der Waals surface area (Å²) in [5.74, 6) is 1.38. The number of rotatable bonds is 2. The number of hydrogen-bond donors (Lipinski definition) is 1. The van der Waals surface area contributed by atoms with Gasteiger partial charge in [0.2, 0.25) is 0 Å². The quantitative estimate of drug-likeness (QED) is 0.832. The Morgan fingerprint density at radius 1 is 1.06 bits per heavy atom. The van der Waals surface area contributed by atoms with Crippen LogP contribution in [0.2, 0.25) is 0 Å². The fourth-order valence-electron chi connectivity index (χ4n) is 3.00. The van der Waals surface area contributed by atoms with Gasteiger partial charge in [-0.2, -0.15) is 5.10 Å². The van der Waals surface area contributed by atoms with Gasteiger partial charge in [0.25, 0.3) is 0 Å². The highest BCUT2D eigenvalue weighted by Crippen LogP contribution is 2.35. The van der Waals surface area contributed by atoms with Gasteiger partial charge in [-0.15, -0.1) is 0 Å². The van der Waals surface area contributed by atoms with Crippen LogP contribution in [-0.4, -0.2) is 23.4 Å². The van der Waals surface area contributed by atoms with Gasteiger partial charge >= 0.3 is 0 Å². The third-order valence-electron chi connectivity index (χ3n) is 4.05. The van der Waals surface area contributed by atoms with E-state index in [4.69, 9.17) is 4.74 Å². The smallest absolute Gasteiger partial charge is 0.0655 e. The molecular formula is C13H20N2O. The second-order valence-corrected chi connectivity index (χ2v) is 5.12. The molecule has 1 aliphatic carbocycles. The van der Waals surface area contributed by atoms with Crippen LogP contribution in [0, 0.1) is 0 Å². The van der Waals surface area contributed by atoms with E-state index in [9.17, 15) is 0 Å². The van der Waals surface area contributed by atoms with Gasteiger partial charge in [-0.1, -0.05) is 12.8 Å². The van der Waals surface area contributed by atoms with Crippen LogP contribution in [0.1, 0.15) is 61.7 Å². The van der Waals surface area contributed by atoms with Crippen LogP contribution < -0.4 is 0 Å². The molecule has 0 atom stereocenters. The highest BCUT2D eigenvalue weighted by molar-refractivity contribution is 5.17. The molecule has 3 nitrogen and oxygen atoms in total. The summed E-state index contributed by atoms with van der Waals surface area (Å²) in [6.07, 6.45) is 7.71. The molecule has 3 heteroatoms.